The highest BCUT2D eigenvalue weighted by Crippen LogP contribution is 2.30. The molecule has 2 aromatic carbocycles. The van der Waals surface area contributed by atoms with Gasteiger partial charge in [-0.05, 0) is 47.9 Å². The number of aliphatic hydroxyl groups excluding tert-OH is 1. The number of hydrogen-bond donors (Lipinski definition) is 1. The van der Waals surface area contributed by atoms with Crippen LogP contribution in [-0.4, -0.2) is 5.11 Å². The lowest BCUT2D eigenvalue weighted by atomic mass is 9.99. The summed E-state index contributed by atoms with van der Waals surface area (Å²) < 4.78 is 38.3. The Hall–Kier alpha value is -1.33. The van der Waals surface area contributed by atoms with Crippen LogP contribution in [0.3, 0.4) is 0 Å². The third kappa shape index (κ3) is 4.32. The number of alkyl halides is 3. The largest absolute Gasteiger partial charge is 0.416 e. The molecule has 0 radical (unpaired) electrons. The van der Waals surface area contributed by atoms with Crippen molar-refractivity contribution in [2.45, 2.75) is 25.6 Å². The summed E-state index contributed by atoms with van der Waals surface area (Å²) >= 11 is 3.36. The van der Waals surface area contributed by atoms with E-state index >= 15 is 0 Å². The molecule has 0 saturated carbocycles. The zero-order chi connectivity index (χ0) is 15.6. The molecule has 2 rings (SSSR count). The van der Waals surface area contributed by atoms with E-state index in [0.717, 1.165) is 27.7 Å². The van der Waals surface area contributed by atoms with Crippen molar-refractivity contribution in [1.29, 1.82) is 0 Å². The molecule has 0 heterocycles. The molecule has 5 heteroatoms. The van der Waals surface area contributed by atoms with E-state index in [1.54, 1.807) is 0 Å². The Kier molecular flexibility index (Phi) is 4.74. The molecule has 0 aliphatic carbocycles. The molecule has 0 saturated heterocycles. The summed E-state index contributed by atoms with van der Waals surface area (Å²) in [6.07, 6.45) is -4.81. The first-order valence-corrected chi connectivity index (χ1v) is 7.16. The van der Waals surface area contributed by atoms with Crippen molar-refractivity contribution < 1.29 is 18.3 Å². The van der Waals surface area contributed by atoms with Gasteiger partial charge in [-0.15, -0.1) is 0 Å². The molecule has 112 valence electrons. The van der Waals surface area contributed by atoms with E-state index in [1.165, 1.54) is 12.1 Å². The van der Waals surface area contributed by atoms with E-state index in [4.69, 9.17) is 0 Å². The van der Waals surface area contributed by atoms with E-state index in [9.17, 15) is 18.3 Å². The summed E-state index contributed by atoms with van der Waals surface area (Å²) in [7, 11) is 0. The van der Waals surface area contributed by atoms with Gasteiger partial charge in [-0.2, -0.15) is 13.2 Å². The molecule has 0 spiro atoms. The highest BCUT2D eigenvalue weighted by Gasteiger charge is 2.29. The second-order valence-electron chi connectivity index (χ2n) is 4.98. The number of hydrogen-bond acceptors (Lipinski definition) is 1. The fraction of sp³-hybridized carbons (Fsp3) is 0.250. The molecule has 1 N–H and O–H groups in total. The van der Waals surface area contributed by atoms with Gasteiger partial charge < -0.3 is 5.11 Å². The maximum Gasteiger partial charge on any atom is 0.416 e. The van der Waals surface area contributed by atoms with Gasteiger partial charge in [-0.3, -0.25) is 0 Å². The maximum absolute atomic E-state index is 12.5. The Morgan fingerprint density at radius 1 is 1.10 bits per heavy atom. The van der Waals surface area contributed by atoms with E-state index in [2.05, 4.69) is 15.9 Å². The van der Waals surface area contributed by atoms with Gasteiger partial charge in [0.1, 0.15) is 0 Å². The Balaban J connectivity index is 2.14. The molecule has 0 aromatic heterocycles. The van der Waals surface area contributed by atoms with Gasteiger partial charge in [0.15, 0.2) is 0 Å². The molecule has 1 nitrogen and oxygen atoms in total. The van der Waals surface area contributed by atoms with Crippen molar-refractivity contribution in [2.75, 3.05) is 0 Å². The number of halogens is 4. The summed E-state index contributed by atoms with van der Waals surface area (Å²) in [4.78, 5) is 0. The number of rotatable bonds is 3. The van der Waals surface area contributed by atoms with Gasteiger partial charge in [0.2, 0.25) is 0 Å². The second kappa shape index (κ2) is 6.20. The van der Waals surface area contributed by atoms with Crippen molar-refractivity contribution in [3.63, 3.8) is 0 Å². The van der Waals surface area contributed by atoms with Crippen LogP contribution in [0, 0.1) is 6.92 Å². The summed E-state index contributed by atoms with van der Waals surface area (Å²) in [5, 5.41) is 10.2. The van der Waals surface area contributed by atoms with Crippen molar-refractivity contribution in [2.24, 2.45) is 0 Å². The van der Waals surface area contributed by atoms with Gasteiger partial charge in [0.05, 0.1) is 11.7 Å². The van der Waals surface area contributed by atoms with Crippen LogP contribution in [0.15, 0.2) is 46.9 Å². The predicted octanol–water partition coefficient (Wildman–Crippen LogP) is 5.05. The standard InChI is InChI=1S/C16H14BrF3O/c1-10-6-12(9-14(17)7-10)15(21)8-11-2-4-13(5-3-11)16(18,19)20/h2-7,9,15,21H,8H2,1H3. The molecule has 21 heavy (non-hydrogen) atoms. The molecule has 0 amide bonds. The Morgan fingerprint density at radius 2 is 1.71 bits per heavy atom. The average Bonchev–Trinajstić information content (AvgIpc) is 2.37. The predicted molar refractivity (Wildman–Crippen MR) is 79.0 cm³/mol. The normalized spacial score (nSPS) is 13.2. The summed E-state index contributed by atoms with van der Waals surface area (Å²) in [6, 6.07) is 10.5. The Bertz CT molecular complexity index is 600. The van der Waals surface area contributed by atoms with Crippen LogP contribution in [-0.2, 0) is 12.6 Å². The molecule has 0 aliphatic heterocycles. The lowest BCUT2D eigenvalue weighted by molar-refractivity contribution is -0.137. The highest BCUT2D eigenvalue weighted by atomic mass is 79.9. The van der Waals surface area contributed by atoms with Gasteiger partial charge >= 0.3 is 6.18 Å². The smallest absolute Gasteiger partial charge is 0.388 e. The third-order valence-corrected chi connectivity index (χ3v) is 3.62. The molecular weight excluding hydrogens is 345 g/mol. The third-order valence-electron chi connectivity index (χ3n) is 3.16. The molecule has 0 bridgehead atoms. The Labute approximate surface area is 129 Å². The summed E-state index contributed by atoms with van der Waals surface area (Å²) in [6.45, 7) is 1.92. The van der Waals surface area contributed by atoms with E-state index < -0.39 is 17.8 Å². The van der Waals surface area contributed by atoms with Gasteiger partial charge in [-0.1, -0.05) is 34.1 Å². The van der Waals surface area contributed by atoms with Crippen LogP contribution >= 0.6 is 15.9 Å². The van der Waals surface area contributed by atoms with Crippen molar-refractivity contribution in [1.82, 2.24) is 0 Å². The topological polar surface area (TPSA) is 20.2 Å². The zero-order valence-electron chi connectivity index (χ0n) is 11.3. The number of benzene rings is 2. The van der Waals surface area contributed by atoms with E-state index in [0.29, 0.717) is 5.56 Å². The fourth-order valence-electron chi connectivity index (χ4n) is 2.13. The van der Waals surface area contributed by atoms with Crippen molar-refractivity contribution in [3.05, 3.63) is 69.2 Å². The van der Waals surface area contributed by atoms with Gasteiger partial charge in [0.25, 0.3) is 0 Å². The first-order valence-electron chi connectivity index (χ1n) is 6.37. The van der Waals surface area contributed by atoms with Gasteiger partial charge in [-0.25, -0.2) is 0 Å². The van der Waals surface area contributed by atoms with Crippen LogP contribution in [0.25, 0.3) is 0 Å². The minimum atomic E-state index is -4.33. The summed E-state index contributed by atoms with van der Waals surface area (Å²) in [5.74, 6) is 0. The van der Waals surface area contributed by atoms with Crippen LogP contribution < -0.4 is 0 Å². The van der Waals surface area contributed by atoms with Crippen LogP contribution in [0.1, 0.15) is 28.4 Å². The highest BCUT2D eigenvalue weighted by molar-refractivity contribution is 9.10. The first kappa shape index (κ1) is 16.0. The van der Waals surface area contributed by atoms with Crippen LogP contribution in [0.4, 0.5) is 13.2 Å². The van der Waals surface area contributed by atoms with Crippen LogP contribution in [0.5, 0.6) is 0 Å². The van der Waals surface area contributed by atoms with Crippen molar-refractivity contribution >= 4 is 15.9 Å². The lowest BCUT2D eigenvalue weighted by Crippen LogP contribution is -2.06. The van der Waals surface area contributed by atoms with Gasteiger partial charge in [0, 0.05) is 10.9 Å². The molecule has 0 aliphatic rings. The summed E-state index contributed by atoms with van der Waals surface area (Å²) in [5.41, 5.74) is 1.72. The van der Waals surface area contributed by atoms with E-state index in [-0.39, 0.29) is 6.42 Å². The number of aliphatic hydroxyl groups is 1. The lowest BCUT2D eigenvalue weighted by Gasteiger charge is -2.13. The Morgan fingerprint density at radius 3 is 2.24 bits per heavy atom. The van der Waals surface area contributed by atoms with Crippen molar-refractivity contribution in [3.8, 4) is 0 Å². The molecule has 1 unspecified atom stereocenters. The molecule has 2 aromatic rings. The average molecular weight is 359 g/mol. The molecular formula is C16H14BrF3O. The maximum atomic E-state index is 12.5. The second-order valence-corrected chi connectivity index (χ2v) is 5.89. The first-order chi connectivity index (χ1) is 9.75. The quantitative estimate of drug-likeness (QED) is 0.813. The SMILES string of the molecule is Cc1cc(Br)cc(C(O)Cc2ccc(C(F)(F)F)cc2)c1. The monoisotopic (exact) mass is 358 g/mol. The minimum absolute atomic E-state index is 0.272. The number of aryl methyl sites for hydroxylation is 1. The molecule has 0 fully saturated rings. The van der Waals surface area contributed by atoms with E-state index in [1.807, 2.05) is 25.1 Å². The van der Waals surface area contributed by atoms with Crippen LogP contribution in [0.2, 0.25) is 0 Å². The molecule has 1 atom stereocenters. The fourth-order valence-corrected chi connectivity index (χ4v) is 2.75. The minimum Gasteiger partial charge on any atom is -0.388 e. The zero-order valence-corrected chi connectivity index (χ0v) is 12.9.